The van der Waals surface area contributed by atoms with Crippen LogP contribution < -0.4 is 0 Å². The molecule has 0 heterocycles. The van der Waals surface area contributed by atoms with Gasteiger partial charge in [-0.2, -0.15) is 0 Å². The smallest absolute Gasteiger partial charge is 0.305 e. The van der Waals surface area contributed by atoms with Gasteiger partial charge in [-0.15, -0.1) is 0 Å². The summed E-state index contributed by atoms with van der Waals surface area (Å²) < 4.78 is 5.82. The normalized spacial score (nSPS) is 12.2. The van der Waals surface area contributed by atoms with Crippen molar-refractivity contribution in [2.75, 3.05) is 6.61 Å². The van der Waals surface area contributed by atoms with Gasteiger partial charge in [0, 0.05) is 6.42 Å². The van der Waals surface area contributed by atoms with Crippen LogP contribution in [-0.4, -0.2) is 12.6 Å². The van der Waals surface area contributed by atoms with Gasteiger partial charge in [0.2, 0.25) is 0 Å². The zero-order chi connectivity index (χ0) is 33.4. The highest BCUT2D eigenvalue weighted by Gasteiger charge is 2.12. The first-order chi connectivity index (χ1) is 22.7. The monoisotopic (exact) mass is 649 g/mol. The van der Waals surface area contributed by atoms with Crippen LogP contribution in [0.2, 0.25) is 0 Å². The van der Waals surface area contributed by atoms with Crippen molar-refractivity contribution < 1.29 is 9.53 Å². The lowest BCUT2D eigenvalue weighted by Crippen LogP contribution is -2.14. The van der Waals surface area contributed by atoms with Crippen molar-refractivity contribution in [1.82, 2.24) is 0 Å². The van der Waals surface area contributed by atoms with E-state index in [2.05, 4.69) is 20.8 Å². The first kappa shape index (κ1) is 45.5. The van der Waals surface area contributed by atoms with Crippen LogP contribution in [0, 0.1) is 5.92 Å². The van der Waals surface area contributed by atoms with Gasteiger partial charge in [0.05, 0.1) is 6.61 Å². The van der Waals surface area contributed by atoms with Crippen LogP contribution in [0.15, 0.2) is 0 Å². The van der Waals surface area contributed by atoms with E-state index in [1.54, 1.807) is 0 Å². The van der Waals surface area contributed by atoms with Crippen LogP contribution >= 0.6 is 0 Å². The molecule has 0 spiro atoms. The summed E-state index contributed by atoms with van der Waals surface area (Å²) in [5, 5.41) is 0. The van der Waals surface area contributed by atoms with Gasteiger partial charge in [0.25, 0.3) is 0 Å². The summed E-state index contributed by atoms with van der Waals surface area (Å²) in [7, 11) is 0. The fraction of sp³-hybridized carbons (Fsp3) is 0.977. The molecule has 0 N–H and O–H groups in total. The van der Waals surface area contributed by atoms with Crippen molar-refractivity contribution in [2.45, 2.75) is 265 Å². The van der Waals surface area contributed by atoms with Gasteiger partial charge in [-0.3, -0.25) is 4.79 Å². The van der Waals surface area contributed by atoms with Crippen molar-refractivity contribution in [3.05, 3.63) is 0 Å². The average molecular weight is 649 g/mol. The third-order valence-electron chi connectivity index (χ3n) is 10.4. The van der Waals surface area contributed by atoms with E-state index in [-0.39, 0.29) is 5.97 Å². The highest BCUT2D eigenvalue weighted by atomic mass is 16.5. The highest BCUT2D eigenvalue weighted by Crippen LogP contribution is 2.21. The predicted octanol–water partition coefficient (Wildman–Crippen LogP) is 16.0. The molecule has 0 aromatic heterocycles. The maximum Gasteiger partial charge on any atom is 0.305 e. The fourth-order valence-corrected chi connectivity index (χ4v) is 7.08. The lowest BCUT2D eigenvalue weighted by molar-refractivity contribution is -0.145. The van der Waals surface area contributed by atoms with Gasteiger partial charge in [-0.25, -0.2) is 0 Å². The largest absolute Gasteiger partial charge is 0.465 e. The fourth-order valence-electron chi connectivity index (χ4n) is 7.08. The molecule has 0 aliphatic rings. The van der Waals surface area contributed by atoms with Crippen molar-refractivity contribution in [3.63, 3.8) is 0 Å². The van der Waals surface area contributed by atoms with Gasteiger partial charge in [0.1, 0.15) is 0 Å². The molecule has 1 atom stereocenters. The Kier molecular flexibility index (Phi) is 40.2. The number of hydrogen-bond donors (Lipinski definition) is 0. The van der Waals surface area contributed by atoms with Crippen molar-refractivity contribution >= 4 is 5.97 Å². The quantitative estimate of drug-likeness (QED) is 0.0488. The van der Waals surface area contributed by atoms with E-state index in [0.29, 0.717) is 18.9 Å². The van der Waals surface area contributed by atoms with Crippen LogP contribution in [0.4, 0.5) is 0 Å². The SMILES string of the molecule is CCCCCCCCCCCCCCCCCCC(CCCCCCCCCCCCCCCC)COC(=O)CCCCCCC. The molecule has 0 fully saturated rings. The van der Waals surface area contributed by atoms with Crippen molar-refractivity contribution in [3.8, 4) is 0 Å². The number of unbranched alkanes of at least 4 members (excludes halogenated alkanes) is 32. The molecular formula is C44H88O2. The molecule has 0 amide bonds. The van der Waals surface area contributed by atoms with E-state index in [9.17, 15) is 4.79 Å². The van der Waals surface area contributed by atoms with E-state index >= 15 is 0 Å². The number of carbonyl (C=O) groups is 1. The Morgan fingerprint density at radius 2 is 0.587 bits per heavy atom. The Hall–Kier alpha value is -0.530. The lowest BCUT2D eigenvalue weighted by Gasteiger charge is -2.17. The Bertz CT molecular complexity index is 558. The minimum Gasteiger partial charge on any atom is -0.465 e. The first-order valence-corrected chi connectivity index (χ1v) is 21.9. The summed E-state index contributed by atoms with van der Waals surface area (Å²) in [5.41, 5.74) is 0. The second kappa shape index (κ2) is 40.6. The van der Waals surface area contributed by atoms with Gasteiger partial charge < -0.3 is 4.74 Å². The summed E-state index contributed by atoms with van der Waals surface area (Å²) >= 11 is 0. The number of esters is 1. The predicted molar refractivity (Wildman–Crippen MR) is 207 cm³/mol. The molecule has 46 heavy (non-hydrogen) atoms. The lowest BCUT2D eigenvalue weighted by atomic mass is 9.94. The van der Waals surface area contributed by atoms with E-state index in [1.165, 1.54) is 231 Å². The van der Waals surface area contributed by atoms with Gasteiger partial charge in [0.15, 0.2) is 0 Å². The summed E-state index contributed by atoms with van der Waals surface area (Å²) in [6.45, 7) is 7.52. The molecule has 276 valence electrons. The van der Waals surface area contributed by atoms with E-state index in [1.807, 2.05) is 0 Å². The Morgan fingerprint density at radius 1 is 0.348 bits per heavy atom. The van der Waals surface area contributed by atoms with Crippen LogP contribution in [0.25, 0.3) is 0 Å². The molecule has 0 radical (unpaired) electrons. The summed E-state index contributed by atoms with van der Waals surface area (Å²) in [6, 6.07) is 0. The topological polar surface area (TPSA) is 26.3 Å². The number of carbonyl (C=O) groups excluding carboxylic acids is 1. The van der Waals surface area contributed by atoms with Gasteiger partial charge in [-0.1, -0.05) is 239 Å². The summed E-state index contributed by atoms with van der Waals surface area (Å²) in [6.07, 6.45) is 51.7. The maximum absolute atomic E-state index is 12.4. The standard InChI is InChI=1S/C44H88O2/c1-4-7-10-13-15-17-19-21-23-24-26-28-30-32-35-37-40-43(42-46-44(45)41-38-33-12-9-6-3)39-36-34-31-29-27-25-22-20-18-16-14-11-8-5-2/h43H,4-42H2,1-3H3. The van der Waals surface area contributed by atoms with Gasteiger partial charge in [-0.05, 0) is 25.2 Å². The molecule has 0 aromatic rings. The zero-order valence-electron chi connectivity index (χ0n) is 32.5. The first-order valence-electron chi connectivity index (χ1n) is 21.9. The van der Waals surface area contributed by atoms with Crippen LogP contribution in [0.1, 0.15) is 265 Å². The molecule has 0 bridgehead atoms. The van der Waals surface area contributed by atoms with Crippen molar-refractivity contribution in [2.24, 2.45) is 5.92 Å². The Balaban J connectivity index is 3.93. The molecule has 0 saturated heterocycles. The third-order valence-corrected chi connectivity index (χ3v) is 10.4. The van der Waals surface area contributed by atoms with Crippen molar-refractivity contribution in [1.29, 1.82) is 0 Å². The summed E-state index contributed by atoms with van der Waals surface area (Å²) in [4.78, 5) is 12.4. The Labute approximate surface area is 292 Å². The number of ether oxygens (including phenoxy) is 1. The third kappa shape index (κ3) is 37.9. The Morgan fingerprint density at radius 3 is 0.870 bits per heavy atom. The highest BCUT2D eigenvalue weighted by molar-refractivity contribution is 5.69. The minimum atomic E-state index is 0.0504. The second-order valence-corrected chi connectivity index (χ2v) is 15.2. The van der Waals surface area contributed by atoms with Crippen LogP contribution in [0.5, 0.6) is 0 Å². The molecule has 0 saturated carbocycles. The molecule has 0 aliphatic carbocycles. The van der Waals surface area contributed by atoms with Crippen LogP contribution in [0.3, 0.4) is 0 Å². The molecular weight excluding hydrogens is 560 g/mol. The molecule has 0 rings (SSSR count). The molecule has 2 nitrogen and oxygen atoms in total. The zero-order valence-corrected chi connectivity index (χ0v) is 32.5. The second-order valence-electron chi connectivity index (χ2n) is 15.2. The van der Waals surface area contributed by atoms with Gasteiger partial charge >= 0.3 is 5.97 Å². The molecule has 2 heteroatoms. The van der Waals surface area contributed by atoms with Crippen LogP contribution in [-0.2, 0) is 9.53 Å². The maximum atomic E-state index is 12.4. The minimum absolute atomic E-state index is 0.0504. The summed E-state index contributed by atoms with van der Waals surface area (Å²) in [5.74, 6) is 0.627. The molecule has 0 aliphatic heterocycles. The number of rotatable bonds is 40. The number of hydrogen-bond acceptors (Lipinski definition) is 2. The van der Waals surface area contributed by atoms with E-state index in [4.69, 9.17) is 4.74 Å². The molecule has 1 unspecified atom stereocenters. The van der Waals surface area contributed by atoms with E-state index in [0.717, 1.165) is 6.42 Å². The van der Waals surface area contributed by atoms with E-state index < -0.39 is 0 Å². The average Bonchev–Trinajstić information content (AvgIpc) is 3.06. The molecule has 0 aromatic carbocycles.